The van der Waals surface area contributed by atoms with Crippen LogP contribution in [0.5, 0.6) is 0 Å². The third kappa shape index (κ3) is 6.32. The van der Waals surface area contributed by atoms with Crippen molar-refractivity contribution in [3.8, 4) is 62.5 Å². The van der Waals surface area contributed by atoms with Gasteiger partial charge in [-0.3, -0.25) is 0 Å². The van der Waals surface area contributed by atoms with E-state index < -0.39 is 18.3 Å². The fraction of sp³-hybridized carbons (Fsp3) is 0.136. The van der Waals surface area contributed by atoms with Crippen LogP contribution in [-0.2, 0) is 9.31 Å². The second kappa shape index (κ2) is 12.7. The minimum Gasteiger partial charge on any atom is -0.399 e. The van der Waals surface area contributed by atoms with Crippen LogP contribution in [-0.4, -0.2) is 33.3 Å². The number of nitriles is 1. The Kier molecular flexibility index (Phi) is 8.07. The van der Waals surface area contributed by atoms with Crippen molar-refractivity contribution in [3.63, 3.8) is 0 Å². The van der Waals surface area contributed by atoms with Crippen molar-refractivity contribution in [1.82, 2.24) is 15.0 Å². The first-order chi connectivity index (χ1) is 24.7. The SMILES string of the molecule is CC1(C)OB(c2cc(-c3ccccc3)cc(-c3nc(-c4ccccc4)nc(-c4ccc5cc(-c6ccc(C#N)cc6)ccc5c4)n3)c2)OC1(C)C. The molecule has 0 bridgehead atoms. The zero-order valence-corrected chi connectivity index (χ0v) is 29.0. The Morgan fingerprint density at radius 3 is 1.55 bits per heavy atom. The molecule has 6 nitrogen and oxygen atoms in total. The van der Waals surface area contributed by atoms with Gasteiger partial charge in [-0.25, -0.2) is 15.0 Å². The molecular formula is C44H35BN4O2. The van der Waals surface area contributed by atoms with Crippen LogP contribution >= 0.6 is 0 Å². The molecule has 0 spiro atoms. The average Bonchev–Trinajstić information content (AvgIpc) is 3.40. The van der Waals surface area contributed by atoms with E-state index in [0.717, 1.165) is 55.2 Å². The predicted molar refractivity (Wildman–Crippen MR) is 205 cm³/mol. The van der Waals surface area contributed by atoms with Gasteiger partial charge in [0, 0.05) is 16.7 Å². The molecule has 7 aromatic rings. The smallest absolute Gasteiger partial charge is 0.399 e. The fourth-order valence-corrected chi connectivity index (χ4v) is 6.35. The van der Waals surface area contributed by atoms with Gasteiger partial charge in [0.25, 0.3) is 0 Å². The molecular weight excluding hydrogens is 627 g/mol. The predicted octanol–water partition coefficient (Wildman–Crippen LogP) is 9.53. The minimum absolute atomic E-state index is 0.486. The molecule has 246 valence electrons. The molecule has 0 N–H and O–H groups in total. The number of hydrogen-bond donors (Lipinski definition) is 0. The molecule has 0 atom stereocenters. The fourth-order valence-electron chi connectivity index (χ4n) is 6.35. The van der Waals surface area contributed by atoms with E-state index in [9.17, 15) is 5.26 Å². The van der Waals surface area contributed by atoms with Gasteiger partial charge in [0.2, 0.25) is 0 Å². The van der Waals surface area contributed by atoms with E-state index in [1.54, 1.807) is 0 Å². The van der Waals surface area contributed by atoms with Gasteiger partial charge >= 0.3 is 7.12 Å². The molecule has 1 aliphatic rings. The molecule has 0 saturated carbocycles. The maximum absolute atomic E-state index is 9.20. The average molecular weight is 663 g/mol. The summed E-state index contributed by atoms with van der Waals surface area (Å²) in [6.07, 6.45) is 0. The molecule has 0 radical (unpaired) electrons. The standard InChI is InChI=1S/C44H35BN4O2/c1-43(2)44(3,4)51-45(50-43)39-26-37(30-11-7-5-8-12-30)25-38(27-39)42-48-40(32-13-9-6-10-14-32)47-41(49-42)36-22-21-34-23-33(19-20-35(34)24-36)31-17-15-29(28-46)16-18-31/h5-27H,1-4H3. The molecule has 0 amide bonds. The second-order valence-electron chi connectivity index (χ2n) is 13.9. The van der Waals surface area contributed by atoms with Gasteiger partial charge in [-0.1, -0.05) is 109 Å². The summed E-state index contributed by atoms with van der Waals surface area (Å²) >= 11 is 0. The van der Waals surface area contributed by atoms with Crippen LogP contribution in [0.25, 0.3) is 67.2 Å². The van der Waals surface area contributed by atoms with Crippen LogP contribution < -0.4 is 5.46 Å². The Bertz CT molecular complexity index is 2420. The summed E-state index contributed by atoms with van der Waals surface area (Å²) in [5.74, 6) is 1.74. The third-order valence-electron chi connectivity index (χ3n) is 9.96. The lowest BCUT2D eigenvalue weighted by molar-refractivity contribution is 0.00578. The summed E-state index contributed by atoms with van der Waals surface area (Å²) in [6, 6.07) is 49.2. The molecule has 1 aromatic heterocycles. The Labute approximate surface area is 298 Å². The van der Waals surface area contributed by atoms with E-state index in [0.29, 0.717) is 23.0 Å². The van der Waals surface area contributed by atoms with Gasteiger partial charge in [-0.2, -0.15) is 5.26 Å². The van der Waals surface area contributed by atoms with Crippen LogP contribution in [0.2, 0.25) is 0 Å². The van der Waals surface area contributed by atoms with E-state index in [1.165, 1.54) is 0 Å². The first-order valence-corrected chi connectivity index (χ1v) is 17.1. The Balaban J connectivity index is 1.25. The van der Waals surface area contributed by atoms with Crippen molar-refractivity contribution >= 4 is 23.4 Å². The second-order valence-corrected chi connectivity index (χ2v) is 13.9. The lowest BCUT2D eigenvalue weighted by Crippen LogP contribution is -2.41. The van der Waals surface area contributed by atoms with E-state index in [4.69, 9.17) is 24.3 Å². The summed E-state index contributed by atoms with van der Waals surface area (Å²) in [5.41, 5.74) is 7.45. The van der Waals surface area contributed by atoms with Gasteiger partial charge in [-0.15, -0.1) is 0 Å². The van der Waals surface area contributed by atoms with Gasteiger partial charge in [-0.05, 0) is 96.5 Å². The van der Waals surface area contributed by atoms with Crippen LogP contribution in [0.3, 0.4) is 0 Å². The first-order valence-electron chi connectivity index (χ1n) is 17.1. The van der Waals surface area contributed by atoms with Crippen LogP contribution in [0.15, 0.2) is 140 Å². The van der Waals surface area contributed by atoms with Crippen molar-refractivity contribution in [2.24, 2.45) is 0 Å². The van der Waals surface area contributed by atoms with Gasteiger partial charge in [0.1, 0.15) is 0 Å². The molecule has 8 rings (SSSR count). The zero-order valence-electron chi connectivity index (χ0n) is 29.0. The largest absolute Gasteiger partial charge is 0.494 e. The van der Waals surface area contributed by atoms with Gasteiger partial charge in [0.15, 0.2) is 17.5 Å². The first kappa shape index (κ1) is 32.3. The summed E-state index contributed by atoms with van der Waals surface area (Å²) < 4.78 is 13.0. The Hall–Kier alpha value is -5.94. The lowest BCUT2D eigenvalue weighted by Gasteiger charge is -2.32. The van der Waals surface area contributed by atoms with Crippen molar-refractivity contribution in [2.75, 3.05) is 0 Å². The monoisotopic (exact) mass is 662 g/mol. The molecule has 7 heteroatoms. The van der Waals surface area contributed by atoms with Gasteiger partial charge in [0.05, 0.1) is 22.8 Å². The molecule has 1 aliphatic heterocycles. The molecule has 2 heterocycles. The number of hydrogen-bond acceptors (Lipinski definition) is 6. The number of fused-ring (bicyclic) bond motifs is 1. The quantitative estimate of drug-likeness (QED) is 0.165. The van der Waals surface area contributed by atoms with Crippen molar-refractivity contribution in [2.45, 2.75) is 38.9 Å². The van der Waals surface area contributed by atoms with Crippen molar-refractivity contribution < 1.29 is 9.31 Å². The van der Waals surface area contributed by atoms with Crippen LogP contribution in [0, 0.1) is 11.3 Å². The van der Waals surface area contributed by atoms with Crippen LogP contribution in [0.1, 0.15) is 33.3 Å². The summed E-state index contributed by atoms with van der Waals surface area (Å²) in [7, 11) is -0.554. The lowest BCUT2D eigenvalue weighted by atomic mass is 9.77. The van der Waals surface area contributed by atoms with E-state index in [-0.39, 0.29) is 0 Å². The summed E-state index contributed by atoms with van der Waals surface area (Å²) in [4.78, 5) is 15.2. The molecule has 51 heavy (non-hydrogen) atoms. The van der Waals surface area contributed by atoms with Crippen molar-refractivity contribution in [1.29, 1.82) is 5.26 Å². The molecule has 0 unspecified atom stereocenters. The topological polar surface area (TPSA) is 80.9 Å². The number of aromatic nitrogens is 3. The highest BCUT2D eigenvalue weighted by molar-refractivity contribution is 6.62. The van der Waals surface area contributed by atoms with E-state index in [2.05, 4.69) is 100 Å². The summed E-state index contributed by atoms with van der Waals surface area (Å²) in [5, 5.41) is 11.4. The number of rotatable bonds is 6. The molecule has 1 fully saturated rings. The van der Waals surface area contributed by atoms with E-state index in [1.807, 2.05) is 72.8 Å². The molecule has 0 aliphatic carbocycles. The highest BCUT2D eigenvalue weighted by Crippen LogP contribution is 2.37. The third-order valence-corrected chi connectivity index (χ3v) is 9.96. The van der Waals surface area contributed by atoms with Gasteiger partial charge < -0.3 is 9.31 Å². The van der Waals surface area contributed by atoms with Crippen molar-refractivity contribution in [3.05, 3.63) is 145 Å². The van der Waals surface area contributed by atoms with Crippen LogP contribution in [0.4, 0.5) is 0 Å². The molecule has 6 aromatic carbocycles. The Morgan fingerprint density at radius 2 is 0.941 bits per heavy atom. The summed E-state index contributed by atoms with van der Waals surface area (Å²) in [6.45, 7) is 8.26. The maximum atomic E-state index is 9.20. The highest BCUT2D eigenvalue weighted by Gasteiger charge is 2.51. The molecule has 1 saturated heterocycles. The zero-order chi connectivity index (χ0) is 35.2. The number of nitrogens with zero attached hydrogens (tertiary/aromatic N) is 4. The maximum Gasteiger partial charge on any atom is 0.494 e. The normalized spacial score (nSPS) is 14.8. The minimum atomic E-state index is -0.554. The number of benzene rings is 6. The highest BCUT2D eigenvalue weighted by atomic mass is 16.7. The Morgan fingerprint density at radius 1 is 0.471 bits per heavy atom. The van der Waals surface area contributed by atoms with E-state index >= 15 is 0 Å².